The third-order valence-electron chi connectivity index (χ3n) is 4.87. The first-order chi connectivity index (χ1) is 15.2. The highest BCUT2D eigenvalue weighted by Gasteiger charge is 2.25. The number of benzene rings is 2. The Hall–Kier alpha value is -3.20. The van der Waals surface area contributed by atoms with Crippen LogP contribution in [0.3, 0.4) is 0 Å². The number of hydrogen-bond donors (Lipinski definition) is 2. The van der Waals surface area contributed by atoms with Gasteiger partial charge in [-0.15, -0.1) is 10.2 Å². The van der Waals surface area contributed by atoms with Crippen LogP contribution in [0.4, 0.5) is 10.1 Å². The molecule has 2 amide bonds. The summed E-state index contributed by atoms with van der Waals surface area (Å²) in [6.45, 7) is 5.97. The van der Waals surface area contributed by atoms with Gasteiger partial charge in [0, 0.05) is 18.3 Å². The van der Waals surface area contributed by atoms with Crippen LogP contribution in [0.15, 0.2) is 53.7 Å². The van der Waals surface area contributed by atoms with Crippen LogP contribution >= 0.6 is 11.8 Å². The van der Waals surface area contributed by atoms with Crippen molar-refractivity contribution in [3.8, 4) is 0 Å². The van der Waals surface area contributed by atoms with Crippen LogP contribution in [0.2, 0.25) is 0 Å². The number of nitrogens with zero attached hydrogens (tertiary/aromatic N) is 3. The predicted molar refractivity (Wildman–Crippen MR) is 123 cm³/mol. The Labute approximate surface area is 190 Å². The van der Waals surface area contributed by atoms with E-state index in [0.717, 1.165) is 5.56 Å². The summed E-state index contributed by atoms with van der Waals surface area (Å²) in [6.07, 6.45) is 0. The van der Waals surface area contributed by atoms with Gasteiger partial charge in [0.1, 0.15) is 5.82 Å². The van der Waals surface area contributed by atoms with Crippen molar-refractivity contribution in [1.29, 1.82) is 0 Å². The Bertz CT molecular complexity index is 1080. The Balaban J connectivity index is 1.65. The number of hydrogen-bond acceptors (Lipinski definition) is 5. The molecule has 0 fully saturated rings. The second kappa shape index (κ2) is 10.4. The first-order valence-electron chi connectivity index (χ1n) is 10.2. The first kappa shape index (κ1) is 23.5. The summed E-state index contributed by atoms with van der Waals surface area (Å²) in [7, 11) is 1.81. The molecule has 0 saturated heterocycles. The maximum Gasteiger partial charge on any atom is 0.251 e. The minimum atomic E-state index is -0.363. The molecule has 0 aliphatic carbocycles. The summed E-state index contributed by atoms with van der Waals surface area (Å²) in [4.78, 5) is 24.9. The van der Waals surface area contributed by atoms with E-state index in [1.807, 2.05) is 40.0 Å². The molecule has 1 aromatic heterocycles. The summed E-state index contributed by atoms with van der Waals surface area (Å²) in [5.74, 6) is 0.0246. The van der Waals surface area contributed by atoms with Crippen LogP contribution < -0.4 is 10.6 Å². The van der Waals surface area contributed by atoms with E-state index >= 15 is 0 Å². The molecule has 0 aliphatic rings. The number of aromatic nitrogens is 3. The van der Waals surface area contributed by atoms with Crippen molar-refractivity contribution < 1.29 is 14.0 Å². The molecular formula is C23H26FN5O2S. The fourth-order valence-electron chi connectivity index (χ4n) is 3.04. The van der Waals surface area contributed by atoms with Gasteiger partial charge in [0.05, 0.1) is 11.8 Å². The predicted octanol–water partition coefficient (Wildman–Crippen LogP) is 4.12. The highest BCUT2D eigenvalue weighted by molar-refractivity contribution is 7.99. The minimum absolute atomic E-state index is 0.0759. The van der Waals surface area contributed by atoms with Crippen molar-refractivity contribution in [2.45, 2.75) is 32.0 Å². The summed E-state index contributed by atoms with van der Waals surface area (Å²) >= 11 is 1.23. The topological polar surface area (TPSA) is 88.9 Å². The van der Waals surface area contributed by atoms with Crippen LogP contribution in [0.5, 0.6) is 0 Å². The highest BCUT2D eigenvalue weighted by Crippen LogP contribution is 2.24. The molecule has 0 spiro atoms. The van der Waals surface area contributed by atoms with Gasteiger partial charge in [-0.25, -0.2) is 4.39 Å². The number of anilines is 1. The van der Waals surface area contributed by atoms with Crippen molar-refractivity contribution in [1.82, 2.24) is 20.1 Å². The zero-order chi connectivity index (χ0) is 23.3. The number of carbonyl (C=O) groups excluding carboxylic acids is 2. The van der Waals surface area contributed by atoms with E-state index < -0.39 is 0 Å². The monoisotopic (exact) mass is 455 g/mol. The molecule has 1 atom stereocenters. The third-order valence-corrected chi connectivity index (χ3v) is 5.89. The van der Waals surface area contributed by atoms with E-state index in [9.17, 15) is 14.0 Å². The normalized spacial score (nSPS) is 11.9. The zero-order valence-corrected chi connectivity index (χ0v) is 19.2. The van der Waals surface area contributed by atoms with Gasteiger partial charge < -0.3 is 15.2 Å². The van der Waals surface area contributed by atoms with Crippen LogP contribution in [0.25, 0.3) is 0 Å². The lowest BCUT2D eigenvalue weighted by Crippen LogP contribution is -2.33. The number of rotatable bonds is 8. The van der Waals surface area contributed by atoms with E-state index in [-0.39, 0.29) is 35.3 Å². The molecule has 168 valence electrons. The van der Waals surface area contributed by atoms with Crippen molar-refractivity contribution in [2.24, 2.45) is 13.0 Å². The number of amides is 2. The summed E-state index contributed by atoms with van der Waals surface area (Å²) < 4.78 is 14.8. The molecule has 3 rings (SSSR count). The van der Waals surface area contributed by atoms with E-state index in [2.05, 4.69) is 20.8 Å². The molecule has 7 nitrogen and oxygen atoms in total. The Morgan fingerprint density at radius 3 is 2.34 bits per heavy atom. The number of carbonyl (C=O) groups is 2. The van der Waals surface area contributed by atoms with Crippen LogP contribution in [-0.2, 0) is 11.8 Å². The van der Waals surface area contributed by atoms with Gasteiger partial charge in [-0.3, -0.25) is 9.59 Å². The lowest BCUT2D eigenvalue weighted by molar-refractivity contribution is -0.113. The van der Waals surface area contributed by atoms with Gasteiger partial charge >= 0.3 is 0 Å². The van der Waals surface area contributed by atoms with E-state index in [1.54, 1.807) is 16.7 Å². The first-order valence-corrected chi connectivity index (χ1v) is 11.2. The van der Waals surface area contributed by atoms with Crippen molar-refractivity contribution in [3.63, 3.8) is 0 Å². The SMILES string of the molecule is Cc1ccc(C(=O)N[C@@H](c2nnc(SCC(=O)Nc3ccc(F)cc3)n2C)C(C)C)cc1. The summed E-state index contributed by atoms with van der Waals surface area (Å²) in [6, 6.07) is 12.6. The van der Waals surface area contributed by atoms with Crippen LogP contribution in [-0.4, -0.2) is 32.3 Å². The number of nitrogens with one attached hydrogen (secondary N) is 2. The van der Waals surface area contributed by atoms with Crippen molar-refractivity contribution >= 4 is 29.3 Å². The van der Waals surface area contributed by atoms with Crippen molar-refractivity contribution in [2.75, 3.05) is 11.1 Å². The van der Waals surface area contributed by atoms with Gasteiger partial charge in [-0.2, -0.15) is 0 Å². The van der Waals surface area contributed by atoms with Crippen LogP contribution in [0, 0.1) is 18.7 Å². The van der Waals surface area contributed by atoms with Gasteiger partial charge in [0.15, 0.2) is 11.0 Å². The Morgan fingerprint density at radius 1 is 1.06 bits per heavy atom. The zero-order valence-electron chi connectivity index (χ0n) is 18.4. The number of aryl methyl sites for hydroxylation is 1. The number of halogens is 1. The summed E-state index contributed by atoms with van der Waals surface area (Å²) in [5, 5.41) is 14.8. The average molecular weight is 456 g/mol. The van der Waals surface area contributed by atoms with Gasteiger partial charge in [-0.1, -0.05) is 43.3 Å². The lowest BCUT2D eigenvalue weighted by atomic mass is 10.0. The molecule has 0 aliphatic heterocycles. The molecular weight excluding hydrogens is 429 g/mol. The minimum Gasteiger partial charge on any atom is -0.342 e. The fourth-order valence-corrected chi connectivity index (χ4v) is 3.76. The molecule has 9 heteroatoms. The van der Waals surface area contributed by atoms with E-state index in [1.165, 1.54) is 36.0 Å². The number of thioether (sulfide) groups is 1. The standard InChI is InChI=1S/C23H26FN5O2S/c1-14(2)20(26-22(31)16-7-5-15(3)6-8-16)21-27-28-23(29(21)4)32-13-19(30)25-18-11-9-17(24)10-12-18/h5-12,14,20H,13H2,1-4H3,(H,25,30)(H,26,31)/t20-/m1/s1. The summed E-state index contributed by atoms with van der Waals surface area (Å²) in [5.41, 5.74) is 2.19. The average Bonchev–Trinajstić information content (AvgIpc) is 3.12. The Morgan fingerprint density at radius 2 is 1.72 bits per heavy atom. The van der Waals surface area contributed by atoms with Crippen LogP contribution in [0.1, 0.15) is 41.6 Å². The smallest absolute Gasteiger partial charge is 0.251 e. The Kier molecular flexibility index (Phi) is 7.63. The fraction of sp³-hybridized carbons (Fsp3) is 0.304. The molecule has 1 heterocycles. The molecule has 0 bridgehead atoms. The highest BCUT2D eigenvalue weighted by atomic mass is 32.2. The molecule has 0 saturated carbocycles. The maximum atomic E-state index is 13.0. The molecule has 32 heavy (non-hydrogen) atoms. The second-order valence-corrected chi connectivity index (χ2v) is 8.75. The van der Waals surface area contributed by atoms with E-state index in [4.69, 9.17) is 0 Å². The van der Waals surface area contributed by atoms with Gasteiger partial charge in [0.25, 0.3) is 5.91 Å². The van der Waals surface area contributed by atoms with Gasteiger partial charge in [0.2, 0.25) is 5.91 Å². The molecule has 2 N–H and O–H groups in total. The molecule has 0 radical (unpaired) electrons. The quantitative estimate of drug-likeness (QED) is 0.499. The largest absolute Gasteiger partial charge is 0.342 e. The lowest BCUT2D eigenvalue weighted by Gasteiger charge is -2.21. The third kappa shape index (κ3) is 5.94. The molecule has 2 aromatic carbocycles. The molecule has 0 unspecified atom stereocenters. The molecule has 3 aromatic rings. The van der Waals surface area contributed by atoms with E-state index in [0.29, 0.717) is 22.2 Å². The van der Waals surface area contributed by atoms with Gasteiger partial charge in [-0.05, 0) is 49.2 Å². The maximum absolute atomic E-state index is 13.0. The second-order valence-electron chi connectivity index (χ2n) is 7.80. The van der Waals surface area contributed by atoms with Crippen molar-refractivity contribution in [3.05, 3.63) is 71.3 Å².